The molecule has 0 radical (unpaired) electrons. The quantitative estimate of drug-likeness (QED) is 0.332. The van der Waals surface area contributed by atoms with Crippen LogP contribution in [-0.4, -0.2) is 12.2 Å². The van der Waals surface area contributed by atoms with Gasteiger partial charge in [-0.25, -0.2) is 0 Å². The van der Waals surface area contributed by atoms with Gasteiger partial charge < -0.3 is 4.84 Å². The number of oxime groups is 1. The second kappa shape index (κ2) is 4.04. The topological polar surface area (TPSA) is 38.7 Å². The number of nitrogens with zero attached hydrogens (tertiary/aromatic N) is 1. The molecule has 3 heteroatoms. The van der Waals surface area contributed by atoms with Crippen molar-refractivity contribution in [2.45, 2.75) is 32.1 Å². The predicted octanol–water partition coefficient (Wildman–Crippen LogP) is 1.48. The van der Waals surface area contributed by atoms with Crippen molar-refractivity contribution < 1.29 is 9.63 Å². The van der Waals surface area contributed by atoms with E-state index in [0.717, 1.165) is 18.6 Å². The van der Waals surface area contributed by atoms with Crippen molar-refractivity contribution in [3.05, 3.63) is 0 Å². The van der Waals surface area contributed by atoms with Crippen molar-refractivity contribution in [3.8, 4) is 0 Å². The highest BCUT2D eigenvalue weighted by Gasteiger charge is 2.06. The van der Waals surface area contributed by atoms with Gasteiger partial charge >= 0.3 is 6.47 Å². The van der Waals surface area contributed by atoms with E-state index in [0.29, 0.717) is 6.47 Å². The van der Waals surface area contributed by atoms with Gasteiger partial charge in [-0.05, 0) is 25.7 Å². The molecule has 1 rings (SSSR count). The Kier molecular flexibility index (Phi) is 2.93. The summed E-state index contributed by atoms with van der Waals surface area (Å²) in [6.45, 7) is 0.363. The molecule has 0 aromatic rings. The summed E-state index contributed by atoms with van der Waals surface area (Å²) in [7, 11) is 0. The van der Waals surface area contributed by atoms with E-state index in [1.54, 1.807) is 0 Å². The zero-order valence-electron chi connectivity index (χ0n) is 5.88. The molecule has 10 heavy (non-hydrogen) atoms. The Balaban J connectivity index is 2.30. The van der Waals surface area contributed by atoms with E-state index in [4.69, 9.17) is 0 Å². The average Bonchev–Trinajstić information content (AvgIpc) is 2.03. The summed E-state index contributed by atoms with van der Waals surface area (Å²) in [4.78, 5) is 14.0. The summed E-state index contributed by atoms with van der Waals surface area (Å²) in [5.41, 5.74) is 1.03. The lowest BCUT2D eigenvalue weighted by molar-refractivity contribution is -0.128. The van der Waals surface area contributed by atoms with Crippen LogP contribution < -0.4 is 0 Å². The van der Waals surface area contributed by atoms with Crippen LogP contribution >= 0.6 is 0 Å². The summed E-state index contributed by atoms with van der Waals surface area (Å²) in [5, 5.41) is 3.65. The fourth-order valence-electron chi connectivity index (χ4n) is 1.15. The lowest BCUT2D eigenvalue weighted by atomic mass is 9.99. The Labute approximate surface area is 60.0 Å². The number of hydrogen-bond acceptors (Lipinski definition) is 3. The number of rotatable bonds is 2. The van der Waals surface area contributed by atoms with E-state index in [1.165, 1.54) is 19.3 Å². The molecule has 0 aromatic heterocycles. The minimum Gasteiger partial charge on any atom is -0.322 e. The van der Waals surface area contributed by atoms with Gasteiger partial charge in [0.05, 0.1) is 5.71 Å². The Morgan fingerprint density at radius 2 is 2.00 bits per heavy atom. The van der Waals surface area contributed by atoms with Gasteiger partial charge in [0.15, 0.2) is 0 Å². The van der Waals surface area contributed by atoms with E-state index >= 15 is 0 Å². The second-order valence-corrected chi connectivity index (χ2v) is 2.42. The second-order valence-electron chi connectivity index (χ2n) is 2.42. The summed E-state index contributed by atoms with van der Waals surface area (Å²) in [6.07, 6.45) is 5.63. The largest absolute Gasteiger partial charge is 0.323 e. The third-order valence-electron chi connectivity index (χ3n) is 1.66. The number of carbonyl (C=O) groups excluding carboxylic acids is 1. The molecule has 0 atom stereocenters. The molecule has 0 aliphatic heterocycles. The van der Waals surface area contributed by atoms with Crippen LogP contribution in [0.5, 0.6) is 0 Å². The molecule has 1 fully saturated rings. The molecule has 0 saturated heterocycles. The summed E-state index contributed by atoms with van der Waals surface area (Å²) < 4.78 is 0. The fourth-order valence-corrected chi connectivity index (χ4v) is 1.15. The van der Waals surface area contributed by atoms with Crippen LogP contribution in [0.25, 0.3) is 0 Å². The lowest BCUT2D eigenvalue weighted by Crippen LogP contribution is -2.04. The van der Waals surface area contributed by atoms with Gasteiger partial charge in [0.2, 0.25) is 0 Å². The maximum atomic E-state index is 9.72. The normalized spacial score (nSPS) is 18.2. The van der Waals surface area contributed by atoms with Crippen molar-refractivity contribution in [2.75, 3.05) is 0 Å². The Morgan fingerprint density at radius 1 is 1.30 bits per heavy atom. The fraction of sp³-hybridized carbons (Fsp3) is 0.714. The highest BCUT2D eigenvalue weighted by molar-refractivity contribution is 5.84. The molecule has 0 heterocycles. The van der Waals surface area contributed by atoms with Gasteiger partial charge in [0, 0.05) is 0 Å². The SMILES string of the molecule is O=CON=C1CCCCC1. The van der Waals surface area contributed by atoms with Crippen molar-refractivity contribution in [1.82, 2.24) is 0 Å². The zero-order chi connectivity index (χ0) is 7.23. The van der Waals surface area contributed by atoms with Gasteiger partial charge in [-0.1, -0.05) is 11.6 Å². The summed E-state index contributed by atoms with van der Waals surface area (Å²) in [5.74, 6) is 0. The van der Waals surface area contributed by atoms with Crippen molar-refractivity contribution in [2.24, 2.45) is 5.16 Å². The minimum atomic E-state index is 0.363. The molecule has 0 spiro atoms. The molecule has 1 aliphatic rings. The molecule has 1 saturated carbocycles. The molecule has 0 amide bonds. The third-order valence-corrected chi connectivity index (χ3v) is 1.66. The molecule has 0 N–H and O–H groups in total. The van der Waals surface area contributed by atoms with Crippen molar-refractivity contribution in [3.63, 3.8) is 0 Å². The maximum absolute atomic E-state index is 9.72. The summed E-state index contributed by atoms with van der Waals surface area (Å²) in [6, 6.07) is 0. The van der Waals surface area contributed by atoms with Crippen LogP contribution in [0.4, 0.5) is 0 Å². The predicted molar refractivity (Wildman–Crippen MR) is 37.7 cm³/mol. The standard InChI is InChI=1S/C7H11NO2/c9-6-10-8-7-4-2-1-3-5-7/h6H,1-5H2. The van der Waals surface area contributed by atoms with Crippen LogP contribution in [0, 0.1) is 0 Å². The zero-order valence-corrected chi connectivity index (χ0v) is 5.88. The first-order valence-corrected chi connectivity index (χ1v) is 3.58. The smallest absolute Gasteiger partial charge is 0.322 e. The molecular formula is C7H11NO2. The van der Waals surface area contributed by atoms with Crippen molar-refractivity contribution in [1.29, 1.82) is 0 Å². The molecule has 0 bridgehead atoms. The van der Waals surface area contributed by atoms with E-state index in [2.05, 4.69) is 9.99 Å². The first-order chi connectivity index (χ1) is 4.93. The minimum absolute atomic E-state index is 0.363. The lowest BCUT2D eigenvalue weighted by Gasteiger charge is -2.09. The van der Waals surface area contributed by atoms with Crippen LogP contribution in [0.3, 0.4) is 0 Å². The van der Waals surface area contributed by atoms with Crippen LogP contribution in [-0.2, 0) is 9.63 Å². The monoisotopic (exact) mass is 141 g/mol. The first-order valence-electron chi connectivity index (χ1n) is 3.58. The molecule has 1 aliphatic carbocycles. The molecular weight excluding hydrogens is 130 g/mol. The van der Waals surface area contributed by atoms with Crippen LogP contribution in [0.2, 0.25) is 0 Å². The maximum Gasteiger partial charge on any atom is 0.323 e. The first kappa shape index (κ1) is 7.25. The van der Waals surface area contributed by atoms with Crippen LogP contribution in [0.1, 0.15) is 32.1 Å². The van der Waals surface area contributed by atoms with Gasteiger partial charge in [-0.2, -0.15) is 0 Å². The Hall–Kier alpha value is -0.860. The van der Waals surface area contributed by atoms with Crippen molar-refractivity contribution >= 4 is 12.2 Å². The van der Waals surface area contributed by atoms with E-state index < -0.39 is 0 Å². The molecule has 3 nitrogen and oxygen atoms in total. The van der Waals surface area contributed by atoms with E-state index in [9.17, 15) is 4.79 Å². The van der Waals surface area contributed by atoms with Gasteiger partial charge in [0.1, 0.15) is 0 Å². The molecule has 0 aromatic carbocycles. The van der Waals surface area contributed by atoms with Gasteiger partial charge in [0.25, 0.3) is 0 Å². The van der Waals surface area contributed by atoms with Crippen LogP contribution in [0.15, 0.2) is 5.16 Å². The molecule has 56 valence electrons. The highest BCUT2D eigenvalue weighted by atomic mass is 16.7. The average molecular weight is 141 g/mol. The third kappa shape index (κ3) is 2.17. The number of hydrogen-bond donors (Lipinski definition) is 0. The highest BCUT2D eigenvalue weighted by Crippen LogP contribution is 2.14. The van der Waals surface area contributed by atoms with E-state index in [-0.39, 0.29) is 0 Å². The Bertz CT molecular complexity index is 135. The number of carbonyl (C=O) groups is 1. The van der Waals surface area contributed by atoms with E-state index in [1.807, 2.05) is 0 Å². The Morgan fingerprint density at radius 3 is 2.60 bits per heavy atom. The van der Waals surface area contributed by atoms with Gasteiger partial charge in [-0.3, -0.25) is 4.79 Å². The summed E-state index contributed by atoms with van der Waals surface area (Å²) >= 11 is 0. The van der Waals surface area contributed by atoms with Gasteiger partial charge in [-0.15, -0.1) is 0 Å². The molecule has 0 unspecified atom stereocenters.